The van der Waals surface area contributed by atoms with Gasteiger partial charge in [0.05, 0.1) is 34.3 Å². The first-order valence-corrected chi connectivity index (χ1v) is 12.8. The molecule has 1 atom stereocenters. The highest BCUT2D eigenvalue weighted by Crippen LogP contribution is 2.30. The molecule has 0 saturated heterocycles. The summed E-state index contributed by atoms with van der Waals surface area (Å²) >= 11 is 5.92. The van der Waals surface area contributed by atoms with Crippen LogP contribution in [0.25, 0.3) is 33.4 Å². The highest BCUT2D eigenvalue weighted by atomic mass is 35.5. The Bertz CT molecular complexity index is 1890. The van der Waals surface area contributed by atoms with Gasteiger partial charge in [-0.1, -0.05) is 60.1 Å². The summed E-state index contributed by atoms with van der Waals surface area (Å²) in [5.74, 6) is -0.726. The molecule has 0 aliphatic carbocycles. The van der Waals surface area contributed by atoms with Gasteiger partial charge in [-0.25, -0.2) is 14.8 Å². The highest BCUT2D eigenvalue weighted by Gasteiger charge is 2.20. The molecule has 0 radical (unpaired) electrons. The molecule has 2 heterocycles. The summed E-state index contributed by atoms with van der Waals surface area (Å²) in [5.41, 5.74) is 5.05. The molecule has 0 fully saturated rings. The molecule has 5 aromatic rings. The summed E-state index contributed by atoms with van der Waals surface area (Å²) in [4.78, 5) is 34.2. The van der Waals surface area contributed by atoms with E-state index in [1.165, 1.54) is 10.6 Å². The fourth-order valence-corrected chi connectivity index (χ4v) is 4.95. The number of pyridine rings is 1. The molecule has 0 saturated carbocycles. The molecule has 198 valence electrons. The number of hydrogen-bond acceptors (Lipinski definition) is 6. The van der Waals surface area contributed by atoms with Gasteiger partial charge in [0.2, 0.25) is 0 Å². The summed E-state index contributed by atoms with van der Waals surface area (Å²) in [5, 5.41) is 22.8. The molecule has 2 aromatic heterocycles. The van der Waals surface area contributed by atoms with Crippen molar-refractivity contribution in [1.82, 2.24) is 14.5 Å². The molecule has 0 amide bonds. The number of hydrogen-bond donors (Lipinski definition) is 2. The van der Waals surface area contributed by atoms with Gasteiger partial charge < -0.3 is 10.4 Å². The Morgan fingerprint density at radius 3 is 2.45 bits per heavy atom. The third kappa shape index (κ3) is 4.91. The van der Waals surface area contributed by atoms with Gasteiger partial charge in [-0.2, -0.15) is 5.26 Å². The molecule has 0 bridgehead atoms. The average Bonchev–Trinajstić information content (AvgIpc) is 2.95. The Kier molecular flexibility index (Phi) is 7.07. The van der Waals surface area contributed by atoms with Crippen LogP contribution in [0, 0.1) is 18.3 Å². The Hall–Kier alpha value is -5.00. The van der Waals surface area contributed by atoms with E-state index in [2.05, 4.69) is 16.4 Å². The van der Waals surface area contributed by atoms with Crippen molar-refractivity contribution in [3.63, 3.8) is 0 Å². The van der Waals surface area contributed by atoms with Crippen molar-refractivity contribution in [2.45, 2.75) is 19.9 Å². The fourth-order valence-electron chi connectivity index (χ4n) is 4.80. The first-order valence-electron chi connectivity index (χ1n) is 12.5. The van der Waals surface area contributed by atoms with Gasteiger partial charge in [-0.05, 0) is 54.8 Å². The first kappa shape index (κ1) is 26.6. The summed E-state index contributed by atoms with van der Waals surface area (Å²) in [7, 11) is 1.69. The lowest BCUT2D eigenvalue weighted by Crippen LogP contribution is -2.22. The topological polar surface area (TPSA) is 121 Å². The van der Waals surface area contributed by atoms with Crippen molar-refractivity contribution in [1.29, 1.82) is 5.26 Å². The largest absolute Gasteiger partial charge is 0.476 e. The summed E-state index contributed by atoms with van der Waals surface area (Å²) in [6, 6.07) is 23.6. The number of nitriles is 1. The second-order valence-corrected chi connectivity index (χ2v) is 9.87. The number of aromatic nitrogens is 3. The second-order valence-electron chi connectivity index (χ2n) is 9.49. The number of carboxylic acids is 1. The van der Waals surface area contributed by atoms with E-state index in [9.17, 15) is 20.0 Å². The Morgan fingerprint density at radius 1 is 1.05 bits per heavy atom. The number of aryl methyl sites for hydroxylation is 1. The van der Waals surface area contributed by atoms with Crippen LogP contribution in [0.4, 0.5) is 5.69 Å². The molecule has 8 nitrogen and oxygen atoms in total. The standard InChI is InChI=1S/C31H24ClN5O3/c1-17-14-23(18(2)34-25-12-13-26(32)35-28(25)31(39)40)27-24(15-17)30(38)37(3)29(36-27)20-10-8-19(9-11-20)22-7-5-4-6-21(22)16-33/h4-15,18,34H,1-3H3,(H,39,40)/t18-/m1/s1. The number of carboxylic acid groups (broad SMARTS) is 1. The van der Waals surface area contributed by atoms with Crippen LogP contribution in [-0.4, -0.2) is 25.6 Å². The predicted octanol–water partition coefficient (Wildman–Crippen LogP) is 6.37. The zero-order chi connectivity index (χ0) is 28.6. The minimum absolute atomic E-state index is 0.0774. The van der Waals surface area contributed by atoms with Crippen LogP contribution in [0.3, 0.4) is 0 Å². The second kappa shape index (κ2) is 10.6. The lowest BCUT2D eigenvalue weighted by Gasteiger charge is -2.20. The Balaban J connectivity index is 1.61. The number of halogens is 1. The third-order valence-electron chi connectivity index (χ3n) is 6.76. The van der Waals surface area contributed by atoms with E-state index in [0.717, 1.165) is 27.8 Å². The molecule has 5 rings (SSSR count). The molecule has 0 spiro atoms. The number of nitrogens with zero attached hydrogens (tertiary/aromatic N) is 4. The van der Waals surface area contributed by atoms with Crippen molar-refractivity contribution in [2.24, 2.45) is 7.05 Å². The summed E-state index contributed by atoms with van der Waals surface area (Å²) < 4.78 is 1.52. The van der Waals surface area contributed by atoms with E-state index in [1.54, 1.807) is 25.2 Å². The van der Waals surface area contributed by atoms with E-state index >= 15 is 0 Å². The maximum absolute atomic E-state index is 13.5. The average molecular weight is 550 g/mol. The number of carbonyl (C=O) groups is 1. The summed E-state index contributed by atoms with van der Waals surface area (Å²) in [6.07, 6.45) is 0. The zero-order valence-corrected chi connectivity index (χ0v) is 22.7. The molecule has 3 aromatic carbocycles. The molecule has 2 N–H and O–H groups in total. The fraction of sp³-hybridized carbons (Fsp3) is 0.129. The number of fused-ring (bicyclic) bond motifs is 1. The van der Waals surface area contributed by atoms with Gasteiger partial charge in [0.25, 0.3) is 5.56 Å². The van der Waals surface area contributed by atoms with Crippen molar-refractivity contribution in [3.05, 3.63) is 111 Å². The quantitative estimate of drug-likeness (QED) is 0.236. The molecular weight excluding hydrogens is 526 g/mol. The van der Waals surface area contributed by atoms with Crippen molar-refractivity contribution >= 4 is 34.2 Å². The predicted molar refractivity (Wildman–Crippen MR) is 156 cm³/mol. The number of nitrogens with one attached hydrogen (secondary N) is 1. The van der Waals surface area contributed by atoms with Gasteiger partial charge in [-0.15, -0.1) is 0 Å². The molecule has 40 heavy (non-hydrogen) atoms. The Morgan fingerprint density at radius 2 is 1.75 bits per heavy atom. The molecule has 0 unspecified atom stereocenters. The lowest BCUT2D eigenvalue weighted by molar-refractivity contribution is 0.0691. The zero-order valence-electron chi connectivity index (χ0n) is 21.9. The maximum Gasteiger partial charge on any atom is 0.356 e. The Labute approximate surface area is 235 Å². The summed E-state index contributed by atoms with van der Waals surface area (Å²) in [6.45, 7) is 3.77. The smallest absolute Gasteiger partial charge is 0.356 e. The third-order valence-corrected chi connectivity index (χ3v) is 6.97. The van der Waals surface area contributed by atoms with Gasteiger partial charge in [0.15, 0.2) is 5.69 Å². The van der Waals surface area contributed by atoms with Gasteiger partial charge in [0.1, 0.15) is 11.0 Å². The van der Waals surface area contributed by atoms with Gasteiger partial charge in [0, 0.05) is 18.2 Å². The van der Waals surface area contributed by atoms with Crippen molar-refractivity contribution in [2.75, 3.05) is 5.32 Å². The van der Waals surface area contributed by atoms with Crippen LogP contribution >= 0.6 is 11.6 Å². The van der Waals surface area contributed by atoms with Gasteiger partial charge in [-0.3, -0.25) is 9.36 Å². The van der Waals surface area contributed by atoms with Crippen molar-refractivity contribution in [3.8, 4) is 28.6 Å². The van der Waals surface area contributed by atoms with Crippen LogP contribution in [0.5, 0.6) is 0 Å². The SMILES string of the molecule is Cc1cc([C@@H](C)Nc2ccc(Cl)nc2C(=O)O)c2nc(-c3ccc(-c4ccccc4C#N)cc3)n(C)c(=O)c2c1. The monoisotopic (exact) mass is 549 g/mol. The molecule has 0 aliphatic heterocycles. The first-order chi connectivity index (χ1) is 19.2. The highest BCUT2D eigenvalue weighted by molar-refractivity contribution is 6.29. The van der Waals surface area contributed by atoms with Gasteiger partial charge >= 0.3 is 5.97 Å². The van der Waals surface area contributed by atoms with Crippen LogP contribution in [0.2, 0.25) is 5.15 Å². The minimum atomic E-state index is -1.21. The number of benzene rings is 3. The molecule has 0 aliphatic rings. The number of anilines is 1. The van der Waals surface area contributed by atoms with E-state index in [0.29, 0.717) is 28.0 Å². The minimum Gasteiger partial charge on any atom is -0.476 e. The van der Waals surface area contributed by atoms with Crippen LogP contribution < -0.4 is 10.9 Å². The van der Waals surface area contributed by atoms with Crippen molar-refractivity contribution < 1.29 is 9.90 Å². The van der Waals surface area contributed by atoms with Crippen LogP contribution in [0.15, 0.2) is 77.6 Å². The van der Waals surface area contributed by atoms with Crippen LogP contribution in [-0.2, 0) is 7.05 Å². The van der Waals surface area contributed by atoms with Crippen LogP contribution in [0.1, 0.15) is 40.1 Å². The number of rotatable bonds is 6. The van der Waals surface area contributed by atoms with E-state index in [-0.39, 0.29) is 16.4 Å². The van der Waals surface area contributed by atoms with E-state index in [1.807, 2.05) is 62.4 Å². The number of aromatic carboxylic acids is 1. The molecule has 9 heteroatoms. The molecular formula is C31H24ClN5O3. The van der Waals surface area contributed by atoms with E-state index in [4.69, 9.17) is 16.6 Å². The maximum atomic E-state index is 13.5. The lowest BCUT2D eigenvalue weighted by atomic mass is 9.98. The van der Waals surface area contributed by atoms with E-state index < -0.39 is 12.0 Å². The normalized spacial score (nSPS) is 11.7.